The van der Waals surface area contributed by atoms with E-state index in [9.17, 15) is 9.59 Å². The smallest absolute Gasteiger partial charge is 0.272 e. The minimum atomic E-state index is -0.243. The largest absolute Gasteiger partial charge is 0.490 e. The average molecular weight is 405 g/mol. The maximum atomic E-state index is 13.2. The van der Waals surface area contributed by atoms with Crippen LogP contribution in [0.4, 0.5) is 0 Å². The van der Waals surface area contributed by atoms with Crippen LogP contribution in [0.5, 0.6) is 11.5 Å². The van der Waals surface area contributed by atoms with Crippen LogP contribution in [0.1, 0.15) is 36.6 Å². The molecule has 0 bridgehead atoms. The number of aromatic amines is 1. The first kappa shape index (κ1) is 18.7. The first-order valence-electron chi connectivity index (χ1n) is 10.4. The number of likely N-dealkylation sites (tertiary alicyclic amines) is 1. The summed E-state index contributed by atoms with van der Waals surface area (Å²) in [4.78, 5) is 27.1. The molecule has 1 saturated heterocycles. The van der Waals surface area contributed by atoms with E-state index in [1.165, 1.54) is 0 Å². The zero-order valence-corrected chi connectivity index (χ0v) is 16.6. The molecule has 1 atom stereocenters. The van der Waals surface area contributed by atoms with E-state index >= 15 is 0 Å². The SMILES string of the molecule is O=C(Cc1n[nH]c(=O)c2ccccc12)N1CCC[C@H]1c1ccc2c(c1)OCCCO2. The number of hydrogen-bond donors (Lipinski definition) is 1. The Balaban J connectivity index is 1.41. The van der Waals surface area contributed by atoms with Crippen molar-refractivity contribution in [2.75, 3.05) is 19.8 Å². The molecule has 0 saturated carbocycles. The first-order valence-corrected chi connectivity index (χ1v) is 10.4. The van der Waals surface area contributed by atoms with Crippen LogP contribution in [0.25, 0.3) is 10.8 Å². The van der Waals surface area contributed by atoms with Gasteiger partial charge in [-0.05, 0) is 36.6 Å². The van der Waals surface area contributed by atoms with E-state index in [0.717, 1.165) is 41.7 Å². The second-order valence-corrected chi connectivity index (χ2v) is 7.72. The Morgan fingerprint density at radius 3 is 2.73 bits per heavy atom. The zero-order valence-electron chi connectivity index (χ0n) is 16.6. The van der Waals surface area contributed by atoms with Crippen molar-refractivity contribution < 1.29 is 14.3 Å². The number of fused-ring (bicyclic) bond motifs is 2. The van der Waals surface area contributed by atoms with Crippen LogP contribution in [0.3, 0.4) is 0 Å². The number of carbonyl (C=O) groups excluding carboxylic acids is 1. The van der Waals surface area contributed by atoms with Gasteiger partial charge in [0, 0.05) is 18.4 Å². The van der Waals surface area contributed by atoms with Gasteiger partial charge in [-0.3, -0.25) is 9.59 Å². The van der Waals surface area contributed by atoms with Gasteiger partial charge in [-0.15, -0.1) is 0 Å². The summed E-state index contributed by atoms with van der Waals surface area (Å²) in [5.74, 6) is 1.52. The monoisotopic (exact) mass is 405 g/mol. The van der Waals surface area contributed by atoms with Gasteiger partial charge in [-0.1, -0.05) is 24.3 Å². The van der Waals surface area contributed by atoms with E-state index in [2.05, 4.69) is 10.2 Å². The normalized spacial score (nSPS) is 18.4. The van der Waals surface area contributed by atoms with Crippen molar-refractivity contribution in [2.45, 2.75) is 31.7 Å². The van der Waals surface area contributed by atoms with E-state index in [4.69, 9.17) is 9.47 Å². The van der Waals surface area contributed by atoms with Gasteiger partial charge >= 0.3 is 0 Å². The van der Waals surface area contributed by atoms with Crippen LogP contribution in [0, 0.1) is 0 Å². The molecule has 1 fully saturated rings. The molecule has 0 aliphatic carbocycles. The third-order valence-electron chi connectivity index (χ3n) is 5.82. The summed E-state index contributed by atoms with van der Waals surface area (Å²) in [6.45, 7) is 1.99. The van der Waals surface area contributed by atoms with Crippen LogP contribution in [-0.2, 0) is 11.2 Å². The van der Waals surface area contributed by atoms with E-state index in [1.54, 1.807) is 6.07 Å². The quantitative estimate of drug-likeness (QED) is 0.724. The van der Waals surface area contributed by atoms with Crippen LogP contribution < -0.4 is 15.0 Å². The van der Waals surface area contributed by atoms with Crippen molar-refractivity contribution >= 4 is 16.7 Å². The third-order valence-corrected chi connectivity index (χ3v) is 5.82. The summed E-state index contributed by atoms with van der Waals surface area (Å²) < 4.78 is 11.6. The number of nitrogens with one attached hydrogen (secondary N) is 1. The number of benzene rings is 2. The summed E-state index contributed by atoms with van der Waals surface area (Å²) in [5, 5.41) is 7.95. The molecule has 3 aromatic rings. The molecular weight excluding hydrogens is 382 g/mol. The van der Waals surface area contributed by atoms with E-state index in [1.807, 2.05) is 41.3 Å². The number of ether oxygens (including phenoxy) is 2. The Bertz CT molecular complexity index is 1160. The second-order valence-electron chi connectivity index (χ2n) is 7.72. The third kappa shape index (κ3) is 3.40. The van der Waals surface area contributed by atoms with Crippen LogP contribution in [-0.4, -0.2) is 40.8 Å². The summed E-state index contributed by atoms with van der Waals surface area (Å²) in [6, 6.07) is 13.2. The lowest BCUT2D eigenvalue weighted by molar-refractivity contribution is -0.131. The first-order chi connectivity index (χ1) is 14.7. The van der Waals surface area contributed by atoms with Crippen molar-refractivity contribution in [3.63, 3.8) is 0 Å². The van der Waals surface area contributed by atoms with Crippen molar-refractivity contribution in [3.05, 3.63) is 64.1 Å². The van der Waals surface area contributed by atoms with Crippen LogP contribution >= 0.6 is 0 Å². The molecule has 3 heterocycles. The second kappa shape index (κ2) is 7.82. The highest BCUT2D eigenvalue weighted by Gasteiger charge is 2.31. The summed E-state index contributed by atoms with van der Waals surface area (Å²) in [7, 11) is 0. The molecule has 0 spiro atoms. The molecule has 5 rings (SSSR count). The fourth-order valence-corrected chi connectivity index (χ4v) is 4.35. The van der Waals surface area contributed by atoms with Crippen molar-refractivity contribution in [1.29, 1.82) is 0 Å². The molecule has 1 amide bonds. The van der Waals surface area contributed by atoms with Crippen LogP contribution in [0.15, 0.2) is 47.3 Å². The molecule has 2 aromatic carbocycles. The topological polar surface area (TPSA) is 84.5 Å². The molecular formula is C23H23N3O4. The van der Waals surface area contributed by atoms with E-state index in [0.29, 0.717) is 30.8 Å². The minimum Gasteiger partial charge on any atom is -0.490 e. The van der Waals surface area contributed by atoms with E-state index in [-0.39, 0.29) is 23.9 Å². The van der Waals surface area contributed by atoms with Gasteiger partial charge in [0.15, 0.2) is 11.5 Å². The van der Waals surface area contributed by atoms with Crippen molar-refractivity contribution in [2.24, 2.45) is 0 Å². The highest BCUT2D eigenvalue weighted by molar-refractivity contribution is 5.88. The molecule has 2 aliphatic heterocycles. The summed E-state index contributed by atoms with van der Waals surface area (Å²) >= 11 is 0. The fraction of sp³-hybridized carbons (Fsp3) is 0.348. The average Bonchev–Trinajstić information content (AvgIpc) is 3.15. The van der Waals surface area contributed by atoms with Gasteiger partial charge < -0.3 is 14.4 Å². The maximum Gasteiger partial charge on any atom is 0.272 e. The number of H-pyrrole nitrogens is 1. The Labute approximate surface area is 173 Å². The lowest BCUT2D eigenvalue weighted by atomic mass is 10.0. The number of rotatable bonds is 3. The van der Waals surface area contributed by atoms with E-state index < -0.39 is 0 Å². The Hall–Kier alpha value is -3.35. The lowest BCUT2D eigenvalue weighted by Crippen LogP contribution is -2.32. The number of nitrogens with zero attached hydrogens (tertiary/aromatic N) is 2. The molecule has 1 aromatic heterocycles. The van der Waals surface area contributed by atoms with Gasteiger partial charge in [0.05, 0.1) is 36.8 Å². The predicted octanol–water partition coefficient (Wildman–Crippen LogP) is 2.99. The Morgan fingerprint density at radius 2 is 1.87 bits per heavy atom. The molecule has 154 valence electrons. The summed E-state index contributed by atoms with van der Waals surface area (Å²) in [6.07, 6.45) is 2.87. The molecule has 7 heteroatoms. The number of hydrogen-bond acceptors (Lipinski definition) is 5. The maximum absolute atomic E-state index is 13.2. The van der Waals surface area contributed by atoms with Crippen molar-refractivity contribution in [1.82, 2.24) is 15.1 Å². The van der Waals surface area contributed by atoms with Crippen LogP contribution in [0.2, 0.25) is 0 Å². The molecule has 0 radical (unpaired) electrons. The number of aromatic nitrogens is 2. The molecule has 0 unspecified atom stereocenters. The standard InChI is InChI=1S/C23H23N3O4/c27-22(14-18-16-5-1-2-6-17(16)23(28)25-24-18)26-10-3-7-19(26)15-8-9-20-21(13-15)30-12-4-11-29-20/h1-2,5-6,8-9,13,19H,3-4,7,10-12,14H2,(H,25,28)/t19-/m0/s1. The molecule has 7 nitrogen and oxygen atoms in total. The summed E-state index contributed by atoms with van der Waals surface area (Å²) in [5.41, 5.74) is 1.41. The van der Waals surface area contributed by atoms with Crippen molar-refractivity contribution in [3.8, 4) is 11.5 Å². The van der Waals surface area contributed by atoms with Gasteiger partial charge in [0.1, 0.15) is 0 Å². The number of carbonyl (C=O) groups is 1. The minimum absolute atomic E-state index is 0.00341. The lowest BCUT2D eigenvalue weighted by Gasteiger charge is -2.26. The molecule has 30 heavy (non-hydrogen) atoms. The van der Waals surface area contributed by atoms with Gasteiger partial charge in [-0.25, -0.2) is 5.10 Å². The van der Waals surface area contributed by atoms with Gasteiger partial charge in [0.2, 0.25) is 5.91 Å². The highest BCUT2D eigenvalue weighted by Crippen LogP contribution is 2.38. The fourth-order valence-electron chi connectivity index (χ4n) is 4.35. The van der Waals surface area contributed by atoms with Gasteiger partial charge in [-0.2, -0.15) is 5.10 Å². The molecule has 2 aliphatic rings. The zero-order chi connectivity index (χ0) is 20.5. The number of amides is 1. The van der Waals surface area contributed by atoms with Gasteiger partial charge in [0.25, 0.3) is 5.56 Å². The molecule has 1 N–H and O–H groups in total. The highest BCUT2D eigenvalue weighted by atomic mass is 16.5. The Kier molecular flexibility index (Phi) is 4.86. The Morgan fingerprint density at radius 1 is 1.07 bits per heavy atom. The predicted molar refractivity (Wildman–Crippen MR) is 112 cm³/mol.